The molecule has 0 aliphatic carbocycles. The van der Waals surface area contributed by atoms with E-state index in [4.69, 9.17) is 0 Å². The van der Waals surface area contributed by atoms with E-state index in [0.717, 1.165) is 16.9 Å². The summed E-state index contributed by atoms with van der Waals surface area (Å²) in [6.07, 6.45) is 0. The van der Waals surface area contributed by atoms with Crippen LogP contribution in [0.25, 0.3) is 11.0 Å². The van der Waals surface area contributed by atoms with E-state index in [-0.39, 0.29) is 22.6 Å². The zero-order chi connectivity index (χ0) is 17.8. The molecular formula is C17H16N4O3S. The Labute approximate surface area is 148 Å². The van der Waals surface area contributed by atoms with E-state index in [0.29, 0.717) is 5.69 Å². The molecule has 0 spiro atoms. The van der Waals surface area contributed by atoms with Crippen molar-refractivity contribution in [1.29, 1.82) is 0 Å². The van der Waals surface area contributed by atoms with Crippen LogP contribution in [0.15, 0.2) is 48.5 Å². The van der Waals surface area contributed by atoms with Crippen LogP contribution in [0.2, 0.25) is 0 Å². The number of carbonyl (C=O) groups excluding carboxylic acids is 1. The molecule has 0 saturated heterocycles. The average molecular weight is 356 g/mol. The number of nitrogens with one attached hydrogen (secondary N) is 2. The number of fused-ring (bicyclic) bond motifs is 1. The summed E-state index contributed by atoms with van der Waals surface area (Å²) in [6.45, 7) is 1.98. The molecule has 1 amide bonds. The number of aromatic amines is 1. The lowest BCUT2D eigenvalue weighted by Crippen LogP contribution is -2.15. The molecule has 2 aromatic carbocycles. The number of aromatic nitrogens is 2. The number of anilines is 1. The van der Waals surface area contributed by atoms with E-state index in [1.165, 1.54) is 30.0 Å². The highest BCUT2D eigenvalue weighted by Crippen LogP contribution is 2.28. The third-order valence-corrected chi connectivity index (χ3v) is 4.75. The first kappa shape index (κ1) is 17.0. The SMILES string of the molecule is C[C@H](SCC(=O)Nc1cccc([N+](=O)[O-])c1)c1nc2ccccc2[nH]1. The van der Waals surface area contributed by atoms with E-state index in [9.17, 15) is 14.9 Å². The normalized spacial score (nSPS) is 12.0. The maximum absolute atomic E-state index is 12.1. The number of para-hydroxylation sites is 2. The average Bonchev–Trinajstić information content (AvgIpc) is 3.04. The number of non-ortho nitro benzene ring substituents is 1. The molecule has 0 fully saturated rings. The van der Waals surface area contributed by atoms with E-state index >= 15 is 0 Å². The first-order valence-corrected chi connectivity index (χ1v) is 8.68. The molecule has 1 heterocycles. The highest BCUT2D eigenvalue weighted by molar-refractivity contribution is 8.00. The lowest BCUT2D eigenvalue weighted by Gasteiger charge is -2.09. The summed E-state index contributed by atoms with van der Waals surface area (Å²) >= 11 is 1.44. The van der Waals surface area contributed by atoms with Crippen LogP contribution >= 0.6 is 11.8 Å². The Kier molecular flexibility index (Phi) is 4.99. The van der Waals surface area contributed by atoms with Crippen molar-refractivity contribution in [2.24, 2.45) is 0 Å². The minimum atomic E-state index is -0.492. The molecule has 3 aromatic rings. The Morgan fingerprint density at radius 2 is 2.12 bits per heavy atom. The number of H-pyrrole nitrogens is 1. The van der Waals surface area contributed by atoms with Gasteiger partial charge in [-0.05, 0) is 25.1 Å². The van der Waals surface area contributed by atoms with Gasteiger partial charge in [-0.2, -0.15) is 0 Å². The lowest BCUT2D eigenvalue weighted by molar-refractivity contribution is -0.384. The van der Waals surface area contributed by atoms with E-state index < -0.39 is 4.92 Å². The standard InChI is InChI=1S/C17H16N4O3S/c1-11(17-19-14-7-2-3-8-15(14)20-17)25-10-16(22)18-12-5-4-6-13(9-12)21(23)24/h2-9,11H,10H2,1H3,(H,18,22)(H,19,20)/t11-/m0/s1. The summed E-state index contributed by atoms with van der Waals surface area (Å²) in [7, 11) is 0. The highest BCUT2D eigenvalue weighted by Gasteiger charge is 2.14. The topological polar surface area (TPSA) is 101 Å². The van der Waals surface area contributed by atoms with Crippen molar-refractivity contribution in [3.63, 3.8) is 0 Å². The van der Waals surface area contributed by atoms with Gasteiger partial charge in [0.25, 0.3) is 5.69 Å². The summed E-state index contributed by atoms with van der Waals surface area (Å²) in [5, 5.41) is 13.5. The van der Waals surface area contributed by atoms with Crippen molar-refractivity contribution in [1.82, 2.24) is 9.97 Å². The van der Waals surface area contributed by atoms with Crippen LogP contribution in [0.5, 0.6) is 0 Å². The van der Waals surface area contributed by atoms with Crippen LogP contribution in [-0.4, -0.2) is 26.6 Å². The van der Waals surface area contributed by atoms with Crippen LogP contribution in [-0.2, 0) is 4.79 Å². The van der Waals surface area contributed by atoms with Crippen LogP contribution in [0.3, 0.4) is 0 Å². The van der Waals surface area contributed by atoms with Crippen molar-refractivity contribution in [2.75, 3.05) is 11.1 Å². The fourth-order valence-corrected chi connectivity index (χ4v) is 3.08. The van der Waals surface area contributed by atoms with Crippen LogP contribution in [0, 0.1) is 10.1 Å². The maximum atomic E-state index is 12.1. The highest BCUT2D eigenvalue weighted by atomic mass is 32.2. The molecule has 2 N–H and O–H groups in total. The fraction of sp³-hybridized carbons (Fsp3) is 0.176. The van der Waals surface area contributed by atoms with Gasteiger partial charge in [-0.25, -0.2) is 4.98 Å². The summed E-state index contributed by atoms with van der Waals surface area (Å²) in [5.74, 6) is 0.823. The molecule has 7 nitrogen and oxygen atoms in total. The predicted molar refractivity (Wildman–Crippen MR) is 98.7 cm³/mol. The first-order chi connectivity index (χ1) is 12.0. The summed E-state index contributed by atoms with van der Waals surface area (Å²) in [6, 6.07) is 13.6. The monoisotopic (exact) mass is 356 g/mol. The zero-order valence-corrected chi connectivity index (χ0v) is 14.2. The van der Waals surface area contributed by atoms with Crippen molar-refractivity contribution < 1.29 is 9.72 Å². The second kappa shape index (κ2) is 7.35. The number of amides is 1. The van der Waals surface area contributed by atoms with Gasteiger partial charge in [0.1, 0.15) is 5.82 Å². The van der Waals surface area contributed by atoms with Crippen molar-refractivity contribution in [3.8, 4) is 0 Å². The van der Waals surface area contributed by atoms with E-state index in [1.807, 2.05) is 31.2 Å². The molecule has 0 saturated carbocycles. The summed E-state index contributed by atoms with van der Waals surface area (Å²) in [5.41, 5.74) is 2.22. The first-order valence-electron chi connectivity index (χ1n) is 7.63. The number of nitro benzene ring substituents is 1. The second-order valence-corrected chi connectivity index (χ2v) is 6.78. The van der Waals surface area contributed by atoms with Gasteiger partial charge in [-0.3, -0.25) is 14.9 Å². The van der Waals surface area contributed by atoms with Crippen molar-refractivity contribution >= 4 is 40.1 Å². The summed E-state index contributed by atoms with van der Waals surface area (Å²) in [4.78, 5) is 30.1. The molecule has 128 valence electrons. The Hall–Kier alpha value is -2.87. The summed E-state index contributed by atoms with van der Waals surface area (Å²) < 4.78 is 0. The van der Waals surface area contributed by atoms with E-state index in [1.54, 1.807) is 6.07 Å². The molecule has 3 rings (SSSR count). The van der Waals surface area contributed by atoms with Crippen molar-refractivity contribution in [3.05, 3.63) is 64.5 Å². The Morgan fingerprint density at radius 1 is 1.32 bits per heavy atom. The molecule has 8 heteroatoms. The third-order valence-electron chi connectivity index (χ3n) is 3.60. The van der Waals surface area contributed by atoms with Gasteiger partial charge in [-0.15, -0.1) is 11.8 Å². The van der Waals surface area contributed by atoms with Gasteiger partial charge in [0.2, 0.25) is 5.91 Å². The molecule has 0 bridgehead atoms. The number of rotatable bonds is 6. The number of thioether (sulfide) groups is 1. The zero-order valence-electron chi connectivity index (χ0n) is 13.4. The molecule has 0 radical (unpaired) electrons. The largest absolute Gasteiger partial charge is 0.341 e. The van der Waals surface area contributed by atoms with Crippen molar-refractivity contribution in [2.45, 2.75) is 12.2 Å². The van der Waals surface area contributed by atoms with Gasteiger partial charge in [0.05, 0.1) is 27.0 Å². The van der Waals surface area contributed by atoms with Crippen LogP contribution in [0.1, 0.15) is 18.0 Å². The number of hydrogen-bond acceptors (Lipinski definition) is 5. The number of nitrogens with zero attached hydrogens (tertiary/aromatic N) is 2. The molecule has 1 atom stereocenters. The molecule has 1 aromatic heterocycles. The van der Waals surface area contributed by atoms with Gasteiger partial charge in [0, 0.05) is 17.8 Å². The van der Waals surface area contributed by atoms with Crippen LogP contribution in [0.4, 0.5) is 11.4 Å². The second-order valence-electron chi connectivity index (χ2n) is 5.45. The van der Waals surface area contributed by atoms with Crippen LogP contribution < -0.4 is 5.32 Å². The number of benzene rings is 2. The Balaban J connectivity index is 1.58. The molecule has 0 aliphatic heterocycles. The van der Waals surface area contributed by atoms with Gasteiger partial charge in [-0.1, -0.05) is 18.2 Å². The molecule has 0 aliphatic rings. The number of hydrogen-bond donors (Lipinski definition) is 2. The Morgan fingerprint density at radius 3 is 2.88 bits per heavy atom. The minimum absolute atomic E-state index is 0.0169. The number of imidazole rings is 1. The predicted octanol–water partition coefficient (Wildman–Crippen LogP) is 3.90. The minimum Gasteiger partial charge on any atom is -0.341 e. The molecular weight excluding hydrogens is 340 g/mol. The fourth-order valence-electron chi connectivity index (χ4n) is 2.34. The van der Waals surface area contributed by atoms with Gasteiger partial charge >= 0.3 is 0 Å². The smallest absolute Gasteiger partial charge is 0.271 e. The third kappa shape index (κ3) is 4.16. The Bertz CT molecular complexity index is 892. The number of nitro groups is 1. The van der Waals surface area contributed by atoms with Gasteiger partial charge < -0.3 is 10.3 Å². The molecule has 0 unspecified atom stereocenters. The lowest BCUT2D eigenvalue weighted by atomic mass is 10.3. The maximum Gasteiger partial charge on any atom is 0.271 e. The van der Waals surface area contributed by atoms with Gasteiger partial charge in [0.15, 0.2) is 0 Å². The molecule has 25 heavy (non-hydrogen) atoms. The number of carbonyl (C=O) groups is 1. The van der Waals surface area contributed by atoms with E-state index in [2.05, 4.69) is 15.3 Å². The quantitative estimate of drug-likeness (QED) is 0.515.